The van der Waals surface area contributed by atoms with E-state index in [0.29, 0.717) is 24.2 Å². The standard InChI is InChI=1S/C12H17N3O2/c1-8(6-7-13)12(17)15-10-5-3-2-4-9(10)11(14)16/h2-5,8H,6-7,13H2,1H3,(H2,14,16)(H,15,17). The summed E-state index contributed by atoms with van der Waals surface area (Å²) >= 11 is 0. The summed E-state index contributed by atoms with van der Waals surface area (Å²) < 4.78 is 0. The van der Waals surface area contributed by atoms with E-state index in [0.717, 1.165) is 0 Å². The van der Waals surface area contributed by atoms with Crippen molar-refractivity contribution < 1.29 is 9.59 Å². The predicted molar refractivity (Wildman–Crippen MR) is 66.4 cm³/mol. The average molecular weight is 235 g/mol. The van der Waals surface area contributed by atoms with Gasteiger partial charge in [0.15, 0.2) is 0 Å². The summed E-state index contributed by atoms with van der Waals surface area (Å²) in [4.78, 5) is 22.9. The fourth-order valence-corrected chi connectivity index (χ4v) is 1.44. The number of benzene rings is 1. The first-order valence-electron chi connectivity index (χ1n) is 5.46. The van der Waals surface area contributed by atoms with Crippen LogP contribution < -0.4 is 16.8 Å². The van der Waals surface area contributed by atoms with E-state index in [1.165, 1.54) is 0 Å². The van der Waals surface area contributed by atoms with Gasteiger partial charge in [0.1, 0.15) is 0 Å². The highest BCUT2D eigenvalue weighted by atomic mass is 16.2. The molecule has 0 aliphatic heterocycles. The fourth-order valence-electron chi connectivity index (χ4n) is 1.44. The number of hydrogen-bond donors (Lipinski definition) is 3. The van der Waals surface area contributed by atoms with Crippen molar-refractivity contribution in [2.45, 2.75) is 13.3 Å². The lowest BCUT2D eigenvalue weighted by molar-refractivity contribution is -0.119. The van der Waals surface area contributed by atoms with Crippen LogP contribution in [0.3, 0.4) is 0 Å². The largest absolute Gasteiger partial charge is 0.366 e. The van der Waals surface area contributed by atoms with Crippen LogP contribution in [0.1, 0.15) is 23.7 Å². The number of carbonyl (C=O) groups is 2. The lowest BCUT2D eigenvalue weighted by Crippen LogP contribution is -2.24. The lowest BCUT2D eigenvalue weighted by atomic mass is 10.1. The van der Waals surface area contributed by atoms with Gasteiger partial charge in [0.2, 0.25) is 5.91 Å². The SMILES string of the molecule is CC(CCN)C(=O)Nc1ccccc1C(N)=O. The van der Waals surface area contributed by atoms with Crippen LogP contribution in [0.5, 0.6) is 0 Å². The van der Waals surface area contributed by atoms with Gasteiger partial charge in [-0.25, -0.2) is 0 Å². The third kappa shape index (κ3) is 3.57. The molecule has 1 aromatic carbocycles. The van der Waals surface area contributed by atoms with Crippen molar-refractivity contribution in [3.8, 4) is 0 Å². The third-order valence-corrected chi connectivity index (χ3v) is 2.50. The van der Waals surface area contributed by atoms with Gasteiger partial charge < -0.3 is 16.8 Å². The van der Waals surface area contributed by atoms with Gasteiger partial charge in [0, 0.05) is 5.92 Å². The molecular weight excluding hydrogens is 218 g/mol. The Morgan fingerprint density at radius 2 is 2.00 bits per heavy atom. The predicted octanol–water partition coefficient (Wildman–Crippen LogP) is 0.709. The quantitative estimate of drug-likeness (QED) is 0.700. The number of carbonyl (C=O) groups excluding carboxylic acids is 2. The molecule has 0 radical (unpaired) electrons. The summed E-state index contributed by atoms with van der Waals surface area (Å²) in [6, 6.07) is 6.65. The molecule has 5 nitrogen and oxygen atoms in total. The number of nitrogens with two attached hydrogens (primary N) is 2. The second-order valence-electron chi connectivity index (χ2n) is 3.88. The number of amides is 2. The molecule has 5 N–H and O–H groups in total. The normalized spacial score (nSPS) is 11.9. The first-order valence-corrected chi connectivity index (χ1v) is 5.46. The molecule has 1 atom stereocenters. The first kappa shape index (κ1) is 13.2. The van der Waals surface area contributed by atoms with E-state index >= 15 is 0 Å². The Labute approximate surface area is 100 Å². The molecule has 1 unspecified atom stereocenters. The fraction of sp³-hybridized carbons (Fsp3) is 0.333. The molecular formula is C12H17N3O2. The number of nitrogens with one attached hydrogen (secondary N) is 1. The van der Waals surface area contributed by atoms with Crippen molar-refractivity contribution in [3.63, 3.8) is 0 Å². The van der Waals surface area contributed by atoms with E-state index in [-0.39, 0.29) is 11.8 Å². The highest BCUT2D eigenvalue weighted by Crippen LogP contribution is 2.15. The number of anilines is 1. The average Bonchev–Trinajstić information content (AvgIpc) is 2.29. The van der Waals surface area contributed by atoms with Crippen molar-refractivity contribution in [2.24, 2.45) is 17.4 Å². The number of hydrogen-bond acceptors (Lipinski definition) is 3. The van der Waals surface area contributed by atoms with E-state index in [2.05, 4.69) is 5.32 Å². The molecule has 0 bridgehead atoms. The van der Waals surface area contributed by atoms with E-state index in [9.17, 15) is 9.59 Å². The van der Waals surface area contributed by atoms with Gasteiger partial charge in [-0.05, 0) is 25.1 Å². The summed E-state index contributed by atoms with van der Waals surface area (Å²) in [5.74, 6) is -0.919. The second kappa shape index (κ2) is 6.00. The zero-order valence-electron chi connectivity index (χ0n) is 9.77. The van der Waals surface area contributed by atoms with Gasteiger partial charge >= 0.3 is 0 Å². The second-order valence-corrected chi connectivity index (χ2v) is 3.88. The molecule has 0 aromatic heterocycles. The Morgan fingerprint density at radius 3 is 2.59 bits per heavy atom. The maximum atomic E-state index is 11.8. The monoisotopic (exact) mass is 235 g/mol. The Bertz CT molecular complexity index is 418. The zero-order chi connectivity index (χ0) is 12.8. The maximum absolute atomic E-state index is 11.8. The summed E-state index contributed by atoms with van der Waals surface area (Å²) in [6.45, 7) is 2.24. The molecule has 0 fully saturated rings. The molecule has 0 aliphatic carbocycles. The molecule has 0 spiro atoms. The van der Waals surface area contributed by atoms with Crippen LogP contribution in [0.4, 0.5) is 5.69 Å². The van der Waals surface area contributed by atoms with Gasteiger partial charge in [-0.2, -0.15) is 0 Å². The minimum Gasteiger partial charge on any atom is -0.366 e. The van der Waals surface area contributed by atoms with Crippen molar-refractivity contribution >= 4 is 17.5 Å². The minimum atomic E-state index is -0.563. The van der Waals surface area contributed by atoms with Crippen molar-refractivity contribution in [1.82, 2.24) is 0 Å². The molecule has 0 saturated heterocycles. The Balaban J connectivity index is 2.81. The third-order valence-electron chi connectivity index (χ3n) is 2.50. The van der Waals surface area contributed by atoms with Gasteiger partial charge in [-0.3, -0.25) is 9.59 Å². The first-order chi connectivity index (χ1) is 8.06. The Morgan fingerprint density at radius 1 is 1.35 bits per heavy atom. The highest BCUT2D eigenvalue weighted by Gasteiger charge is 2.14. The smallest absolute Gasteiger partial charge is 0.250 e. The molecule has 0 heterocycles. The molecule has 5 heteroatoms. The van der Waals surface area contributed by atoms with E-state index in [1.807, 2.05) is 0 Å². The van der Waals surface area contributed by atoms with E-state index in [4.69, 9.17) is 11.5 Å². The van der Waals surface area contributed by atoms with Gasteiger partial charge in [-0.15, -0.1) is 0 Å². The van der Waals surface area contributed by atoms with Gasteiger partial charge in [0.05, 0.1) is 11.3 Å². The summed E-state index contributed by atoms with van der Waals surface area (Å²) in [5, 5.41) is 2.68. The lowest BCUT2D eigenvalue weighted by Gasteiger charge is -2.12. The van der Waals surface area contributed by atoms with Crippen LogP contribution in [0.2, 0.25) is 0 Å². The molecule has 17 heavy (non-hydrogen) atoms. The maximum Gasteiger partial charge on any atom is 0.250 e. The van der Waals surface area contributed by atoms with Crippen LogP contribution in [0, 0.1) is 5.92 Å². The molecule has 1 aromatic rings. The zero-order valence-corrected chi connectivity index (χ0v) is 9.77. The highest BCUT2D eigenvalue weighted by molar-refractivity contribution is 6.03. The number of para-hydroxylation sites is 1. The van der Waals surface area contributed by atoms with Crippen LogP contribution in [-0.2, 0) is 4.79 Å². The van der Waals surface area contributed by atoms with Crippen LogP contribution in [0.25, 0.3) is 0 Å². The Hall–Kier alpha value is -1.88. The Kier molecular flexibility index (Phi) is 4.66. The van der Waals surface area contributed by atoms with Gasteiger partial charge in [-0.1, -0.05) is 19.1 Å². The molecule has 92 valence electrons. The van der Waals surface area contributed by atoms with Gasteiger partial charge in [0.25, 0.3) is 5.91 Å². The van der Waals surface area contributed by atoms with Crippen LogP contribution >= 0.6 is 0 Å². The summed E-state index contributed by atoms with van der Waals surface area (Å²) in [7, 11) is 0. The summed E-state index contributed by atoms with van der Waals surface area (Å²) in [6.07, 6.45) is 0.602. The van der Waals surface area contributed by atoms with Crippen molar-refractivity contribution in [2.75, 3.05) is 11.9 Å². The van der Waals surface area contributed by atoms with Crippen molar-refractivity contribution in [3.05, 3.63) is 29.8 Å². The molecule has 0 saturated carbocycles. The molecule has 2 amide bonds. The summed E-state index contributed by atoms with van der Waals surface area (Å²) in [5.41, 5.74) is 11.3. The van der Waals surface area contributed by atoms with E-state index in [1.54, 1.807) is 31.2 Å². The molecule has 0 aliphatic rings. The minimum absolute atomic E-state index is 0.163. The van der Waals surface area contributed by atoms with E-state index < -0.39 is 5.91 Å². The van der Waals surface area contributed by atoms with Crippen molar-refractivity contribution in [1.29, 1.82) is 0 Å². The van der Waals surface area contributed by atoms with Crippen LogP contribution in [-0.4, -0.2) is 18.4 Å². The van der Waals surface area contributed by atoms with Crippen LogP contribution in [0.15, 0.2) is 24.3 Å². The number of primary amides is 1. The number of rotatable bonds is 5. The topological polar surface area (TPSA) is 98.2 Å². The molecule has 1 rings (SSSR count).